The van der Waals surface area contributed by atoms with Crippen molar-refractivity contribution < 1.29 is 22.7 Å². The van der Waals surface area contributed by atoms with Crippen LogP contribution in [0.1, 0.15) is 15.9 Å². The molecule has 0 saturated heterocycles. The predicted molar refractivity (Wildman–Crippen MR) is 87.1 cm³/mol. The fourth-order valence-corrected chi connectivity index (χ4v) is 2.55. The van der Waals surface area contributed by atoms with E-state index in [1.807, 2.05) is 18.4 Å². The number of halogens is 3. The minimum atomic E-state index is -4.77. The highest BCUT2D eigenvalue weighted by Crippen LogP contribution is 2.27. The molecule has 0 unspecified atom stereocenters. The maximum absolute atomic E-state index is 12.4. The monoisotopic (exact) mass is 355 g/mol. The van der Waals surface area contributed by atoms with E-state index in [0.29, 0.717) is 5.56 Å². The molecule has 2 rings (SSSR count). The van der Waals surface area contributed by atoms with E-state index < -0.39 is 6.36 Å². The van der Waals surface area contributed by atoms with Gasteiger partial charge in [0.05, 0.1) is 0 Å². The minimum absolute atomic E-state index is 0.00929. The molecular weight excluding hydrogens is 339 g/mol. The lowest BCUT2D eigenvalue weighted by atomic mass is 10.1. The van der Waals surface area contributed by atoms with E-state index in [0.717, 1.165) is 4.90 Å². The Hall–Kier alpha value is -2.15. The number of amides is 1. The van der Waals surface area contributed by atoms with E-state index in [-0.39, 0.29) is 23.8 Å². The van der Waals surface area contributed by atoms with Crippen molar-refractivity contribution in [2.45, 2.75) is 17.8 Å². The number of carbonyl (C=O) groups excluding carboxylic acids is 1. The van der Waals surface area contributed by atoms with E-state index in [9.17, 15) is 18.0 Å². The second-order valence-corrected chi connectivity index (χ2v) is 5.92. The maximum Gasteiger partial charge on any atom is 0.573 e. The Balaban J connectivity index is 2.14. The smallest absolute Gasteiger partial charge is 0.405 e. The van der Waals surface area contributed by atoms with Crippen molar-refractivity contribution in [3.05, 3.63) is 59.7 Å². The Morgan fingerprint density at radius 1 is 1.12 bits per heavy atom. The molecule has 128 valence electrons. The van der Waals surface area contributed by atoms with Crippen LogP contribution in [0.15, 0.2) is 53.4 Å². The standard InChI is InChI=1S/C17H16F3NO2S/c1-21(16(22)12-7-9-14(24-2)10-8-12)11-13-5-3-4-6-15(13)23-17(18,19)20/h3-10H,11H2,1-2H3. The van der Waals surface area contributed by atoms with Crippen molar-refractivity contribution >= 4 is 17.7 Å². The predicted octanol–water partition coefficient (Wildman–Crippen LogP) is 4.58. The molecule has 0 heterocycles. The quantitative estimate of drug-likeness (QED) is 0.736. The summed E-state index contributed by atoms with van der Waals surface area (Å²) in [5, 5.41) is 0. The van der Waals surface area contributed by atoms with E-state index in [1.54, 1.807) is 30.0 Å². The number of carbonyl (C=O) groups is 1. The lowest BCUT2D eigenvalue weighted by Crippen LogP contribution is -2.27. The van der Waals surface area contributed by atoms with E-state index >= 15 is 0 Å². The van der Waals surface area contributed by atoms with Gasteiger partial charge in [0.1, 0.15) is 5.75 Å². The zero-order valence-corrected chi connectivity index (χ0v) is 13.9. The van der Waals surface area contributed by atoms with Crippen LogP contribution in [-0.4, -0.2) is 30.5 Å². The number of thioether (sulfide) groups is 1. The van der Waals surface area contributed by atoms with Crippen molar-refractivity contribution in [2.75, 3.05) is 13.3 Å². The molecule has 0 aliphatic heterocycles. The summed E-state index contributed by atoms with van der Waals surface area (Å²) < 4.78 is 41.4. The number of nitrogens with zero attached hydrogens (tertiary/aromatic N) is 1. The van der Waals surface area contributed by atoms with Crippen LogP contribution < -0.4 is 4.74 Å². The fraction of sp³-hybridized carbons (Fsp3) is 0.235. The molecule has 0 bridgehead atoms. The summed E-state index contributed by atoms with van der Waals surface area (Å²) in [5.74, 6) is -0.577. The number of ether oxygens (including phenoxy) is 1. The van der Waals surface area contributed by atoms with Gasteiger partial charge in [0.15, 0.2) is 0 Å². The molecule has 0 N–H and O–H groups in total. The maximum atomic E-state index is 12.4. The Labute approximate surface area is 142 Å². The van der Waals surface area contributed by atoms with Gasteiger partial charge in [-0.05, 0) is 36.6 Å². The summed E-state index contributed by atoms with van der Waals surface area (Å²) in [5.41, 5.74) is 0.760. The molecule has 0 fully saturated rings. The van der Waals surface area contributed by atoms with Crippen LogP contribution in [0.3, 0.4) is 0 Å². The van der Waals surface area contributed by atoms with Gasteiger partial charge in [0.2, 0.25) is 0 Å². The van der Waals surface area contributed by atoms with Gasteiger partial charge in [-0.25, -0.2) is 0 Å². The minimum Gasteiger partial charge on any atom is -0.405 e. The number of hydrogen-bond acceptors (Lipinski definition) is 3. The molecule has 24 heavy (non-hydrogen) atoms. The van der Waals surface area contributed by atoms with Crippen LogP contribution in [0.25, 0.3) is 0 Å². The van der Waals surface area contributed by atoms with Crippen molar-refractivity contribution in [1.82, 2.24) is 4.90 Å². The van der Waals surface area contributed by atoms with Crippen LogP contribution in [0.5, 0.6) is 5.75 Å². The van der Waals surface area contributed by atoms with Crippen LogP contribution in [0.2, 0.25) is 0 Å². The summed E-state index contributed by atoms with van der Waals surface area (Å²) in [6.45, 7) is 0.00929. The van der Waals surface area contributed by atoms with Crippen molar-refractivity contribution in [3.8, 4) is 5.75 Å². The first kappa shape index (κ1) is 18.2. The fourth-order valence-electron chi connectivity index (χ4n) is 2.14. The van der Waals surface area contributed by atoms with Gasteiger partial charge in [-0.15, -0.1) is 24.9 Å². The topological polar surface area (TPSA) is 29.5 Å². The first-order valence-corrected chi connectivity index (χ1v) is 8.26. The van der Waals surface area contributed by atoms with Gasteiger partial charge in [-0.1, -0.05) is 18.2 Å². The lowest BCUT2D eigenvalue weighted by Gasteiger charge is -2.20. The molecule has 2 aromatic rings. The van der Waals surface area contributed by atoms with E-state index in [1.165, 1.54) is 30.1 Å². The summed E-state index contributed by atoms with van der Waals surface area (Å²) in [4.78, 5) is 14.8. The normalized spacial score (nSPS) is 11.2. The zero-order chi connectivity index (χ0) is 17.7. The van der Waals surface area contributed by atoms with Crippen molar-refractivity contribution in [3.63, 3.8) is 0 Å². The first-order valence-electron chi connectivity index (χ1n) is 7.03. The highest BCUT2D eigenvalue weighted by molar-refractivity contribution is 7.98. The van der Waals surface area contributed by atoms with Gasteiger partial charge in [-0.2, -0.15) is 0 Å². The Morgan fingerprint density at radius 3 is 2.33 bits per heavy atom. The second kappa shape index (κ2) is 7.61. The lowest BCUT2D eigenvalue weighted by molar-refractivity contribution is -0.274. The first-order chi connectivity index (χ1) is 11.3. The summed E-state index contributed by atoms with van der Waals surface area (Å²) >= 11 is 1.56. The van der Waals surface area contributed by atoms with Gasteiger partial charge in [0.25, 0.3) is 5.91 Å². The van der Waals surface area contributed by atoms with Crippen LogP contribution in [0.4, 0.5) is 13.2 Å². The zero-order valence-electron chi connectivity index (χ0n) is 13.1. The number of benzene rings is 2. The summed E-state index contributed by atoms with van der Waals surface area (Å²) in [7, 11) is 1.54. The Morgan fingerprint density at radius 2 is 1.75 bits per heavy atom. The third-order valence-corrected chi connectivity index (χ3v) is 4.03. The molecule has 2 aromatic carbocycles. The molecule has 1 amide bonds. The highest BCUT2D eigenvalue weighted by Gasteiger charge is 2.32. The number of hydrogen-bond donors (Lipinski definition) is 0. The molecule has 0 aliphatic rings. The van der Waals surface area contributed by atoms with Crippen molar-refractivity contribution in [2.24, 2.45) is 0 Å². The molecule has 0 aromatic heterocycles. The largest absolute Gasteiger partial charge is 0.573 e. The van der Waals surface area contributed by atoms with Gasteiger partial charge >= 0.3 is 6.36 Å². The molecule has 0 aliphatic carbocycles. The SMILES string of the molecule is CSc1ccc(C(=O)N(C)Cc2ccccc2OC(F)(F)F)cc1. The third kappa shape index (κ3) is 4.92. The molecule has 0 radical (unpaired) electrons. The van der Waals surface area contributed by atoms with Gasteiger partial charge in [0, 0.05) is 29.6 Å². The van der Waals surface area contributed by atoms with Gasteiger partial charge in [-0.3, -0.25) is 4.79 Å². The average Bonchev–Trinajstić information content (AvgIpc) is 2.54. The molecule has 0 spiro atoms. The number of rotatable bonds is 5. The molecule has 7 heteroatoms. The highest BCUT2D eigenvalue weighted by atomic mass is 32.2. The summed E-state index contributed by atoms with van der Waals surface area (Å²) in [6.07, 6.45) is -2.84. The molecule has 0 atom stereocenters. The Kier molecular flexibility index (Phi) is 5.77. The van der Waals surface area contributed by atoms with Crippen LogP contribution >= 0.6 is 11.8 Å². The molecular formula is C17H16F3NO2S. The van der Waals surface area contributed by atoms with Crippen molar-refractivity contribution in [1.29, 1.82) is 0 Å². The van der Waals surface area contributed by atoms with Gasteiger partial charge < -0.3 is 9.64 Å². The third-order valence-electron chi connectivity index (χ3n) is 3.29. The molecule has 0 saturated carbocycles. The number of alkyl halides is 3. The summed E-state index contributed by atoms with van der Waals surface area (Å²) in [6, 6.07) is 12.8. The van der Waals surface area contributed by atoms with E-state index in [2.05, 4.69) is 4.74 Å². The second-order valence-electron chi connectivity index (χ2n) is 5.05. The number of para-hydroxylation sites is 1. The molecule has 3 nitrogen and oxygen atoms in total. The average molecular weight is 355 g/mol. The van der Waals surface area contributed by atoms with E-state index in [4.69, 9.17) is 0 Å². The van der Waals surface area contributed by atoms with Crippen LogP contribution in [0, 0.1) is 0 Å². The van der Waals surface area contributed by atoms with Crippen LogP contribution in [-0.2, 0) is 6.54 Å². The Bertz CT molecular complexity index is 702.